The fourth-order valence-corrected chi connectivity index (χ4v) is 2.67. The average Bonchev–Trinajstić information content (AvgIpc) is 2.19. The van der Waals surface area contributed by atoms with E-state index in [4.69, 9.17) is 0 Å². The van der Waals surface area contributed by atoms with Crippen molar-refractivity contribution >= 4 is 0 Å². The Balaban J connectivity index is 1.73. The van der Waals surface area contributed by atoms with Crippen molar-refractivity contribution in [3.63, 3.8) is 0 Å². The summed E-state index contributed by atoms with van der Waals surface area (Å²) < 4.78 is 0. The molecule has 0 radical (unpaired) electrons. The number of rotatable bonds is 4. The molecule has 3 saturated heterocycles. The van der Waals surface area contributed by atoms with Gasteiger partial charge in [-0.2, -0.15) is 0 Å². The molecule has 3 heterocycles. The highest BCUT2D eigenvalue weighted by Gasteiger charge is 2.33. The molecule has 80 valence electrons. The monoisotopic (exact) mass is 194 g/mol. The number of hydrogen-bond donors (Lipinski definition) is 1. The van der Waals surface area contributed by atoms with Gasteiger partial charge in [-0.05, 0) is 51.7 Å². The molecule has 3 aliphatic heterocycles. The summed E-state index contributed by atoms with van der Waals surface area (Å²) in [7, 11) is 0. The van der Waals surface area contributed by atoms with Gasteiger partial charge < -0.3 is 10.2 Å². The summed E-state index contributed by atoms with van der Waals surface area (Å²) >= 11 is 0. The van der Waals surface area contributed by atoms with E-state index >= 15 is 0 Å². The van der Waals surface area contributed by atoms with Gasteiger partial charge in [-0.1, -0.05) is 5.57 Å². The van der Waals surface area contributed by atoms with Crippen molar-refractivity contribution < 1.29 is 0 Å². The van der Waals surface area contributed by atoms with E-state index in [1.54, 1.807) is 0 Å². The first-order valence-corrected chi connectivity index (χ1v) is 5.86. The molecule has 0 aromatic rings. The average molecular weight is 194 g/mol. The maximum atomic E-state index is 3.94. The lowest BCUT2D eigenvalue weighted by Crippen LogP contribution is -2.56. The Morgan fingerprint density at radius 3 is 2.64 bits per heavy atom. The van der Waals surface area contributed by atoms with E-state index in [0.29, 0.717) is 0 Å². The highest BCUT2D eigenvalue weighted by molar-refractivity contribution is 4.93. The van der Waals surface area contributed by atoms with Gasteiger partial charge >= 0.3 is 0 Å². The van der Waals surface area contributed by atoms with Gasteiger partial charge in [0.1, 0.15) is 0 Å². The standard InChI is InChI=1S/C12H22N2/c1-10(2)3-6-13-12-9-14-7-4-11(12)5-8-14/h11-13H,1,3-9H2,2H3. The molecular weight excluding hydrogens is 172 g/mol. The number of nitrogens with zero attached hydrogens (tertiary/aromatic N) is 1. The second-order valence-electron chi connectivity index (χ2n) is 4.91. The predicted octanol–water partition coefficient (Wildman–Crippen LogP) is 1.64. The van der Waals surface area contributed by atoms with Crippen LogP contribution in [0.3, 0.4) is 0 Å². The zero-order valence-corrected chi connectivity index (χ0v) is 9.26. The van der Waals surface area contributed by atoms with Gasteiger partial charge in [-0.3, -0.25) is 0 Å². The minimum atomic E-state index is 0.761. The molecule has 0 aliphatic carbocycles. The summed E-state index contributed by atoms with van der Waals surface area (Å²) in [6.45, 7) is 11.1. The van der Waals surface area contributed by atoms with Crippen molar-refractivity contribution in [1.82, 2.24) is 10.2 Å². The fraction of sp³-hybridized carbons (Fsp3) is 0.833. The fourth-order valence-electron chi connectivity index (χ4n) is 2.67. The highest BCUT2D eigenvalue weighted by Crippen LogP contribution is 2.27. The molecule has 0 spiro atoms. The van der Waals surface area contributed by atoms with Crippen LogP contribution in [0.15, 0.2) is 12.2 Å². The van der Waals surface area contributed by atoms with Crippen LogP contribution in [0.2, 0.25) is 0 Å². The second-order valence-corrected chi connectivity index (χ2v) is 4.91. The van der Waals surface area contributed by atoms with Crippen molar-refractivity contribution in [2.75, 3.05) is 26.2 Å². The van der Waals surface area contributed by atoms with E-state index in [9.17, 15) is 0 Å². The Bertz CT molecular complexity index is 204. The minimum absolute atomic E-state index is 0.761. The summed E-state index contributed by atoms with van der Waals surface area (Å²) in [5, 5.41) is 3.68. The van der Waals surface area contributed by atoms with Crippen LogP contribution in [0.25, 0.3) is 0 Å². The lowest BCUT2D eigenvalue weighted by atomic mass is 9.84. The van der Waals surface area contributed by atoms with Crippen molar-refractivity contribution in [3.8, 4) is 0 Å². The molecule has 0 amide bonds. The minimum Gasteiger partial charge on any atom is -0.312 e. The molecule has 14 heavy (non-hydrogen) atoms. The lowest BCUT2D eigenvalue weighted by Gasteiger charge is -2.45. The molecule has 2 bridgehead atoms. The molecule has 1 unspecified atom stereocenters. The van der Waals surface area contributed by atoms with Crippen LogP contribution in [0.4, 0.5) is 0 Å². The number of nitrogens with one attached hydrogen (secondary N) is 1. The van der Waals surface area contributed by atoms with E-state index in [1.807, 2.05) is 0 Å². The molecule has 3 fully saturated rings. The molecule has 2 nitrogen and oxygen atoms in total. The summed E-state index contributed by atoms with van der Waals surface area (Å²) in [4.78, 5) is 2.60. The first-order valence-electron chi connectivity index (χ1n) is 5.86. The van der Waals surface area contributed by atoms with Gasteiger partial charge in [0.15, 0.2) is 0 Å². The lowest BCUT2D eigenvalue weighted by molar-refractivity contribution is 0.0731. The van der Waals surface area contributed by atoms with Gasteiger partial charge in [0.05, 0.1) is 0 Å². The Hall–Kier alpha value is -0.340. The van der Waals surface area contributed by atoms with Gasteiger partial charge in [-0.15, -0.1) is 6.58 Å². The molecule has 1 atom stereocenters. The van der Waals surface area contributed by atoms with Crippen molar-refractivity contribution in [3.05, 3.63) is 12.2 Å². The summed E-state index contributed by atoms with van der Waals surface area (Å²) in [5.41, 5.74) is 1.29. The van der Waals surface area contributed by atoms with Crippen LogP contribution in [0.5, 0.6) is 0 Å². The summed E-state index contributed by atoms with van der Waals surface area (Å²) in [6, 6.07) is 0.761. The van der Waals surface area contributed by atoms with Crippen molar-refractivity contribution in [2.24, 2.45) is 5.92 Å². The zero-order valence-electron chi connectivity index (χ0n) is 9.26. The SMILES string of the molecule is C=C(C)CCNC1CN2CCC1CC2. The molecular formula is C12H22N2. The molecule has 2 heteroatoms. The number of fused-ring (bicyclic) bond motifs is 3. The first kappa shape index (κ1) is 10.2. The van der Waals surface area contributed by atoms with E-state index < -0.39 is 0 Å². The van der Waals surface area contributed by atoms with E-state index in [1.165, 1.54) is 38.0 Å². The van der Waals surface area contributed by atoms with E-state index in [-0.39, 0.29) is 0 Å². The Morgan fingerprint density at radius 1 is 1.43 bits per heavy atom. The van der Waals surface area contributed by atoms with Gasteiger partial charge in [0.25, 0.3) is 0 Å². The van der Waals surface area contributed by atoms with Crippen LogP contribution in [0.1, 0.15) is 26.2 Å². The molecule has 0 aromatic carbocycles. The third kappa shape index (κ3) is 2.37. The third-order valence-electron chi connectivity index (χ3n) is 3.61. The first-order chi connectivity index (χ1) is 6.75. The van der Waals surface area contributed by atoms with Crippen LogP contribution >= 0.6 is 0 Å². The van der Waals surface area contributed by atoms with E-state index in [2.05, 4.69) is 23.7 Å². The third-order valence-corrected chi connectivity index (χ3v) is 3.61. The molecule has 0 saturated carbocycles. The highest BCUT2D eigenvalue weighted by atomic mass is 15.2. The van der Waals surface area contributed by atoms with Gasteiger partial charge in [-0.25, -0.2) is 0 Å². The maximum Gasteiger partial charge on any atom is 0.0224 e. The maximum absolute atomic E-state index is 3.94. The largest absolute Gasteiger partial charge is 0.312 e. The van der Waals surface area contributed by atoms with Gasteiger partial charge in [0, 0.05) is 12.6 Å². The Morgan fingerprint density at radius 2 is 2.14 bits per heavy atom. The molecule has 3 aliphatic rings. The normalized spacial score (nSPS) is 35.9. The summed E-state index contributed by atoms with van der Waals surface area (Å²) in [5.74, 6) is 0.949. The number of hydrogen-bond acceptors (Lipinski definition) is 2. The quantitative estimate of drug-likeness (QED) is 0.684. The predicted molar refractivity (Wildman–Crippen MR) is 60.4 cm³/mol. The van der Waals surface area contributed by atoms with Crippen molar-refractivity contribution in [2.45, 2.75) is 32.2 Å². The molecule has 3 rings (SSSR count). The smallest absolute Gasteiger partial charge is 0.0224 e. The van der Waals surface area contributed by atoms with Crippen molar-refractivity contribution in [1.29, 1.82) is 0 Å². The molecule has 1 N–H and O–H groups in total. The van der Waals surface area contributed by atoms with Crippen LogP contribution < -0.4 is 5.32 Å². The van der Waals surface area contributed by atoms with Crippen LogP contribution in [-0.2, 0) is 0 Å². The summed E-state index contributed by atoms with van der Waals surface area (Å²) in [6.07, 6.45) is 3.94. The molecule has 0 aromatic heterocycles. The zero-order chi connectivity index (χ0) is 9.97. The second kappa shape index (κ2) is 4.45. The van der Waals surface area contributed by atoms with Gasteiger partial charge in [0.2, 0.25) is 0 Å². The van der Waals surface area contributed by atoms with Crippen LogP contribution in [0, 0.1) is 5.92 Å². The van der Waals surface area contributed by atoms with E-state index in [0.717, 1.165) is 24.9 Å². The number of piperidine rings is 3. The topological polar surface area (TPSA) is 15.3 Å². The Labute approximate surface area is 87.4 Å². The van der Waals surface area contributed by atoms with Crippen LogP contribution in [-0.4, -0.2) is 37.1 Å². The Kier molecular flexibility index (Phi) is 3.24.